The number of rotatable bonds is 1. The summed E-state index contributed by atoms with van der Waals surface area (Å²) in [6.45, 7) is 0. The average molecular weight is 209 g/mol. The average Bonchev–Trinajstić information content (AvgIpc) is 1.85. The van der Waals surface area contributed by atoms with Crippen LogP contribution in [-0.2, 0) is 0 Å². The number of aromatic nitrogens is 1. The van der Waals surface area contributed by atoms with Crippen molar-refractivity contribution in [3.63, 3.8) is 0 Å². The van der Waals surface area contributed by atoms with E-state index < -0.39 is 0 Å². The van der Waals surface area contributed by atoms with E-state index in [1.807, 2.05) is 0 Å². The fourth-order valence-corrected chi connectivity index (χ4v) is 1.47. The number of halogens is 3. The van der Waals surface area contributed by atoms with Crippen LogP contribution in [0.25, 0.3) is 0 Å². The molecule has 0 fully saturated rings. The van der Waals surface area contributed by atoms with E-state index in [1.54, 1.807) is 0 Å². The lowest BCUT2D eigenvalue weighted by molar-refractivity contribution is 1.32. The topological polar surface area (TPSA) is 36.7 Å². The van der Waals surface area contributed by atoms with E-state index in [-0.39, 0.29) is 15.2 Å². The van der Waals surface area contributed by atoms with Crippen molar-refractivity contribution in [2.75, 3.05) is 0 Å². The van der Waals surface area contributed by atoms with Crippen molar-refractivity contribution in [2.45, 2.75) is 0 Å². The molecule has 58 valence electrons. The van der Waals surface area contributed by atoms with Gasteiger partial charge in [0.2, 0.25) is 0 Å². The molecule has 0 radical (unpaired) electrons. The van der Waals surface area contributed by atoms with Gasteiger partial charge in [0.15, 0.2) is 0 Å². The van der Waals surface area contributed by atoms with Crippen molar-refractivity contribution in [3.8, 4) is 0 Å². The third-order valence-corrected chi connectivity index (χ3v) is 1.84. The van der Waals surface area contributed by atoms with Crippen molar-refractivity contribution < 1.29 is 0 Å². The number of hydrogen-bond donors (Lipinski definition) is 1. The number of nitrogens with one attached hydrogen (secondary N) is 1. The minimum absolute atomic E-state index is 0.178. The van der Waals surface area contributed by atoms with Crippen molar-refractivity contribution >= 4 is 40.0 Å². The molecular weight excluding hydrogens is 206 g/mol. The lowest BCUT2D eigenvalue weighted by Gasteiger charge is -2.00. The first-order valence-corrected chi connectivity index (χ1v) is 3.79. The van der Waals surface area contributed by atoms with Gasteiger partial charge in [-0.3, -0.25) is 10.4 Å². The molecule has 0 atom stereocenters. The van der Waals surface area contributed by atoms with Crippen LogP contribution in [0.15, 0.2) is 12.4 Å². The van der Waals surface area contributed by atoms with E-state index in [0.29, 0.717) is 5.56 Å². The molecule has 5 heteroatoms. The lowest BCUT2D eigenvalue weighted by atomic mass is 10.3. The minimum Gasteiger partial charge on any atom is -0.289 e. The second-order valence-electron chi connectivity index (χ2n) is 1.79. The predicted molar refractivity (Wildman–Crippen MR) is 46.9 cm³/mol. The van der Waals surface area contributed by atoms with Crippen LogP contribution in [0.2, 0.25) is 10.0 Å². The van der Waals surface area contributed by atoms with Gasteiger partial charge < -0.3 is 0 Å². The molecule has 1 rings (SSSR count). The van der Waals surface area contributed by atoms with Gasteiger partial charge in [-0.25, -0.2) is 0 Å². The second kappa shape index (κ2) is 3.39. The summed E-state index contributed by atoms with van der Waals surface area (Å²) in [5, 5.41) is 7.49. The zero-order valence-corrected chi connectivity index (χ0v) is 7.50. The Kier molecular flexibility index (Phi) is 2.71. The summed E-state index contributed by atoms with van der Waals surface area (Å²) in [5.41, 5.74) is 0.324. The van der Waals surface area contributed by atoms with Crippen LogP contribution in [0.5, 0.6) is 0 Å². The van der Waals surface area contributed by atoms with Gasteiger partial charge in [0.25, 0.3) is 0 Å². The molecule has 0 unspecified atom stereocenters. The molecule has 0 amide bonds. The Morgan fingerprint density at radius 2 is 1.73 bits per heavy atom. The maximum Gasteiger partial charge on any atom is 0.131 e. The zero-order valence-electron chi connectivity index (χ0n) is 5.24. The maximum atomic E-state index is 7.09. The van der Waals surface area contributed by atoms with Gasteiger partial charge in [-0.1, -0.05) is 34.8 Å². The summed E-state index contributed by atoms with van der Waals surface area (Å²) in [5.74, 6) is 0. The molecule has 1 N–H and O–H groups in total. The van der Waals surface area contributed by atoms with E-state index >= 15 is 0 Å². The molecule has 0 aromatic carbocycles. The fourth-order valence-electron chi connectivity index (χ4n) is 0.621. The van der Waals surface area contributed by atoms with E-state index in [2.05, 4.69) is 4.98 Å². The van der Waals surface area contributed by atoms with E-state index in [9.17, 15) is 0 Å². The quantitative estimate of drug-likeness (QED) is 0.709. The Bertz CT molecular complexity index is 278. The minimum atomic E-state index is -0.178. The first kappa shape index (κ1) is 8.78. The molecule has 2 nitrogen and oxygen atoms in total. The standard InChI is InChI=1S/C6H3Cl3N2/c7-3-1-11-2-4(8)5(3)6(9)10/h1-2,10H. The highest BCUT2D eigenvalue weighted by molar-refractivity contribution is 6.70. The summed E-state index contributed by atoms with van der Waals surface area (Å²) in [4.78, 5) is 3.71. The van der Waals surface area contributed by atoms with Gasteiger partial charge in [0, 0.05) is 12.4 Å². The van der Waals surface area contributed by atoms with Gasteiger partial charge in [0.1, 0.15) is 5.17 Å². The van der Waals surface area contributed by atoms with Crippen molar-refractivity contribution in [2.24, 2.45) is 0 Å². The van der Waals surface area contributed by atoms with Crippen molar-refractivity contribution in [3.05, 3.63) is 28.0 Å². The van der Waals surface area contributed by atoms with Gasteiger partial charge in [0.05, 0.1) is 15.6 Å². The Morgan fingerprint density at radius 1 is 1.27 bits per heavy atom. The molecule has 0 bridgehead atoms. The molecule has 0 aliphatic heterocycles. The van der Waals surface area contributed by atoms with Gasteiger partial charge in [-0.15, -0.1) is 0 Å². The van der Waals surface area contributed by atoms with Crippen LogP contribution >= 0.6 is 34.8 Å². The highest BCUT2D eigenvalue weighted by Gasteiger charge is 2.08. The van der Waals surface area contributed by atoms with Gasteiger partial charge in [-0.2, -0.15) is 0 Å². The van der Waals surface area contributed by atoms with Crippen LogP contribution in [0.1, 0.15) is 5.56 Å². The molecule has 0 aliphatic carbocycles. The van der Waals surface area contributed by atoms with E-state index in [1.165, 1.54) is 12.4 Å². The molecule has 0 saturated heterocycles. The summed E-state index contributed by atoms with van der Waals surface area (Å²) < 4.78 is 0. The highest BCUT2D eigenvalue weighted by atomic mass is 35.5. The van der Waals surface area contributed by atoms with E-state index in [0.717, 1.165) is 0 Å². The SMILES string of the molecule is N=C(Cl)c1c(Cl)cncc1Cl. The summed E-state index contributed by atoms with van der Waals surface area (Å²) in [7, 11) is 0. The van der Waals surface area contributed by atoms with Crippen LogP contribution in [0, 0.1) is 5.41 Å². The largest absolute Gasteiger partial charge is 0.289 e. The third-order valence-electron chi connectivity index (χ3n) is 1.07. The third kappa shape index (κ3) is 1.83. The van der Waals surface area contributed by atoms with Crippen LogP contribution in [0.4, 0.5) is 0 Å². The number of pyridine rings is 1. The normalized spacial score (nSPS) is 9.73. The summed E-state index contributed by atoms with van der Waals surface area (Å²) in [6, 6.07) is 0. The van der Waals surface area contributed by atoms with Gasteiger partial charge >= 0.3 is 0 Å². The number of nitrogens with zero attached hydrogens (tertiary/aromatic N) is 1. The Hall–Kier alpha value is -0.310. The number of hydrogen-bond acceptors (Lipinski definition) is 2. The zero-order chi connectivity index (χ0) is 8.43. The van der Waals surface area contributed by atoms with Gasteiger partial charge in [-0.05, 0) is 0 Å². The summed E-state index contributed by atoms with van der Waals surface area (Å²) in [6.07, 6.45) is 2.78. The van der Waals surface area contributed by atoms with Crippen molar-refractivity contribution in [1.82, 2.24) is 4.98 Å². The monoisotopic (exact) mass is 208 g/mol. The molecule has 1 aromatic heterocycles. The lowest BCUT2D eigenvalue weighted by Crippen LogP contribution is -1.92. The Balaban J connectivity index is 3.32. The highest BCUT2D eigenvalue weighted by Crippen LogP contribution is 2.23. The molecule has 1 aromatic rings. The van der Waals surface area contributed by atoms with Crippen LogP contribution in [0.3, 0.4) is 0 Å². The maximum absolute atomic E-state index is 7.09. The molecule has 1 heterocycles. The van der Waals surface area contributed by atoms with Crippen molar-refractivity contribution in [1.29, 1.82) is 5.41 Å². The molecule has 11 heavy (non-hydrogen) atoms. The molecule has 0 saturated carbocycles. The summed E-state index contributed by atoms with van der Waals surface area (Å²) >= 11 is 16.7. The predicted octanol–water partition coefficient (Wildman–Crippen LogP) is 2.95. The fraction of sp³-hybridized carbons (Fsp3) is 0. The molecule has 0 aliphatic rings. The Labute approximate surface area is 78.6 Å². The van der Waals surface area contributed by atoms with E-state index in [4.69, 9.17) is 40.2 Å². The van der Waals surface area contributed by atoms with Crippen LogP contribution < -0.4 is 0 Å². The Morgan fingerprint density at radius 3 is 2.00 bits per heavy atom. The van der Waals surface area contributed by atoms with Crippen LogP contribution in [-0.4, -0.2) is 10.2 Å². The first-order chi connectivity index (χ1) is 5.13. The molecular formula is C6H3Cl3N2. The molecule has 0 spiro atoms. The smallest absolute Gasteiger partial charge is 0.131 e. The second-order valence-corrected chi connectivity index (χ2v) is 2.98. The first-order valence-electron chi connectivity index (χ1n) is 2.66.